The first-order valence-corrected chi connectivity index (χ1v) is 10.7. The Morgan fingerprint density at radius 3 is 2.50 bits per heavy atom. The van der Waals surface area contributed by atoms with Crippen molar-refractivity contribution < 1.29 is 8.42 Å². The van der Waals surface area contributed by atoms with Gasteiger partial charge in [-0.25, -0.2) is 13.1 Å². The smallest absolute Gasteiger partial charge is 0.225 e. The largest absolute Gasteiger partial charge is 0.378 e. The van der Waals surface area contributed by atoms with Gasteiger partial charge in [0.15, 0.2) is 0 Å². The highest BCUT2D eigenvalue weighted by atomic mass is 35.5. The van der Waals surface area contributed by atoms with Crippen LogP contribution in [0.15, 0.2) is 48.5 Å². The van der Waals surface area contributed by atoms with Crippen molar-refractivity contribution in [3.63, 3.8) is 0 Å². The second kappa shape index (κ2) is 7.86. The van der Waals surface area contributed by atoms with Crippen LogP contribution in [0.25, 0.3) is 0 Å². The Hall–Kier alpha value is -1.76. The van der Waals surface area contributed by atoms with Gasteiger partial charge in [0.25, 0.3) is 0 Å². The Morgan fingerprint density at radius 2 is 1.85 bits per heavy atom. The molecule has 0 radical (unpaired) electrons. The number of sulfonamides is 1. The first-order chi connectivity index (χ1) is 12.4. The van der Waals surface area contributed by atoms with Crippen molar-refractivity contribution in [3.8, 4) is 0 Å². The van der Waals surface area contributed by atoms with Crippen LogP contribution in [0.2, 0.25) is 0 Å². The molecule has 1 N–H and O–H groups in total. The van der Waals surface area contributed by atoms with Gasteiger partial charge in [0, 0.05) is 38.6 Å². The lowest BCUT2D eigenvalue weighted by molar-refractivity contribution is 0.567. The Morgan fingerprint density at radius 1 is 1.15 bits per heavy atom. The number of benzene rings is 2. The maximum Gasteiger partial charge on any atom is 0.225 e. The van der Waals surface area contributed by atoms with E-state index in [9.17, 15) is 8.42 Å². The molecule has 7 heteroatoms. The maximum atomic E-state index is 11.9. The molecule has 1 heterocycles. The van der Waals surface area contributed by atoms with E-state index in [4.69, 9.17) is 11.6 Å². The lowest BCUT2D eigenvalue weighted by Crippen LogP contribution is -2.37. The molecule has 0 saturated heterocycles. The Kier molecular flexibility index (Phi) is 5.75. The average Bonchev–Trinajstić information content (AvgIpc) is 3.06. The molecule has 0 unspecified atom stereocenters. The summed E-state index contributed by atoms with van der Waals surface area (Å²) in [5, 5.41) is -0.435. The average molecular weight is 394 g/mol. The van der Waals surface area contributed by atoms with E-state index in [1.54, 1.807) is 0 Å². The van der Waals surface area contributed by atoms with Crippen LogP contribution in [0, 0.1) is 0 Å². The molecule has 140 valence electrons. The van der Waals surface area contributed by atoms with Crippen LogP contribution in [0.4, 0.5) is 11.4 Å². The van der Waals surface area contributed by atoms with Crippen LogP contribution in [-0.4, -0.2) is 40.8 Å². The summed E-state index contributed by atoms with van der Waals surface area (Å²) in [7, 11) is 0.525. The number of hydrogen-bond donors (Lipinski definition) is 1. The number of nitrogens with one attached hydrogen (secondary N) is 1. The van der Waals surface area contributed by atoms with Gasteiger partial charge in [0.1, 0.15) is 5.21 Å². The molecule has 0 saturated carbocycles. The molecule has 0 aromatic heterocycles. The van der Waals surface area contributed by atoms with E-state index in [2.05, 4.69) is 46.0 Å². The van der Waals surface area contributed by atoms with E-state index < -0.39 is 15.2 Å². The molecule has 0 bridgehead atoms. The molecule has 1 atom stereocenters. The van der Waals surface area contributed by atoms with E-state index in [0.717, 1.165) is 24.2 Å². The third-order valence-electron chi connectivity index (χ3n) is 4.73. The number of hydrogen-bond acceptors (Lipinski definition) is 4. The van der Waals surface area contributed by atoms with Gasteiger partial charge in [-0.3, -0.25) is 0 Å². The molecule has 1 aliphatic rings. The van der Waals surface area contributed by atoms with Crippen molar-refractivity contribution >= 4 is 33.0 Å². The van der Waals surface area contributed by atoms with Gasteiger partial charge in [-0.1, -0.05) is 30.3 Å². The summed E-state index contributed by atoms with van der Waals surface area (Å²) in [5.74, 6) is 0. The maximum absolute atomic E-state index is 11.9. The Balaban J connectivity index is 1.92. The van der Waals surface area contributed by atoms with Gasteiger partial charge in [0.2, 0.25) is 10.0 Å². The molecule has 2 aromatic rings. The highest BCUT2D eigenvalue weighted by molar-refractivity contribution is 7.90. The highest BCUT2D eigenvalue weighted by Gasteiger charge is 2.28. The molecular weight excluding hydrogens is 370 g/mol. The minimum Gasteiger partial charge on any atom is -0.378 e. The second-order valence-electron chi connectivity index (χ2n) is 6.65. The molecule has 5 nitrogen and oxygen atoms in total. The van der Waals surface area contributed by atoms with Gasteiger partial charge in [0.05, 0.1) is 6.04 Å². The van der Waals surface area contributed by atoms with Gasteiger partial charge >= 0.3 is 0 Å². The van der Waals surface area contributed by atoms with Crippen LogP contribution in [0.5, 0.6) is 0 Å². The first kappa shape index (κ1) is 19.0. The second-order valence-corrected chi connectivity index (χ2v) is 9.04. The zero-order valence-corrected chi connectivity index (χ0v) is 16.6. The summed E-state index contributed by atoms with van der Waals surface area (Å²) in [6.45, 7) is 1.15. The van der Waals surface area contributed by atoms with Crippen LogP contribution in [-0.2, 0) is 16.4 Å². The van der Waals surface area contributed by atoms with Gasteiger partial charge in [-0.2, -0.15) is 0 Å². The van der Waals surface area contributed by atoms with E-state index in [0.29, 0.717) is 0 Å². The molecule has 0 spiro atoms. The van der Waals surface area contributed by atoms with Crippen molar-refractivity contribution in [1.29, 1.82) is 0 Å². The lowest BCUT2D eigenvalue weighted by atomic mass is 10.0. The number of alkyl halides is 1. The normalized spacial score (nSPS) is 15.0. The summed E-state index contributed by atoms with van der Waals surface area (Å²) < 4.78 is 26.4. The molecule has 26 heavy (non-hydrogen) atoms. The van der Waals surface area contributed by atoms with E-state index in [1.807, 2.05) is 31.1 Å². The fourth-order valence-electron chi connectivity index (χ4n) is 3.33. The van der Waals surface area contributed by atoms with Crippen molar-refractivity contribution in [3.05, 3.63) is 59.7 Å². The summed E-state index contributed by atoms with van der Waals surface area (Å²) in [6, 6.07) is 16.4. The monoisotopic (exact) mass is 393 g/mol. The number of nitrogens with zero attached hydrogens (tertiary/aromatic N) is 2. The van der Waals surface area contributed by atoms with Crippen molar-refractivity contribution in [2.75, 3.05) is 42.2 Å². The van der Waals surface area contributed by atoms with Gasteiger partial charge in [-0.15, -0.1) is 11.6 Å². The Bertz CT molecular complexity index is 853. The molecule has 0 aliphatic carbocycles. The van der Waals surface area contributed by atoms with Crippen molar-refractivity contribution in [2.24, 2.45) is 0 Å². The zero-order valence-electron chi connectivity index (χ0n) is 15.0. The van der Waals surface area contributed by atoms with E-state index in [1.165, 1.54) is 11.3 Å². The highest BCUT2D eigenvalue weighted by Crippen LogP contribution is 2.35. The first-order valence-electron chi connectivity index (χ1n) is 8.56. The van der Waals surface area contributed by atoms with Crippen molar-refractivity contribution in [1.82, 2.24) is 4.72 Å². The molecule has 0 amide bonds. The summed E-state index contributed by atoms with van der Waals surface area (Å²) in [5.41, 5.74) is 4.64. The standard InChI is InChI=1S/C19H24ClN3O2S/c1-22(2)17-9-7-16(8-10-17)19(13-21-26(24,25)14-20)23-12-11-15-5-3-4-6-18(15)23/h3-10,19,21H,11-14H2,1-2H3/t19-/m0/s1. The third kappa shape index (κ3) is 4.14. The van der Waals surface area contributed by atoms with Gasteiger partial charge in [-0.05, 0) is 35.7 Å². The van der Waals surface area contributed by atoms with Crippen LogP contribution < -0.4 is 14.5 Å². The predicted molar refractivity (Wildman–Crippen MR) is 109 cm³/mol. The third-order valence-corrected chi connectivity index (χ3v) is 6.49. The number of rotatable bonds is 7. The van der Waals surface area contributed by atoms with E-state index in [-0.39, 0.29) is 12.6 Å². The molecule has 3 rings (SSSR count). The summed E-state index contributed by atoms with van der Waals surface area (Å²) in [6.07, 6.45) is 0.963. The lowest BCUT2D eigenvalue weighted by Gasteiger charge is -2.31. The molecule has 2 aromatic carbocycles. The van der Waals surface area contributed by atoms with Gasteiger partial charge < -0.3 is 9.80 Å². The predicted octanol–water partition coefficient (Wildman–Crippen LogP) is 2.97. The molecule has 1 aliphatic heterocycles. The number of fused-ring (bicyclic) bond motifs is 1. The zero-order chi connectivity index (χ0) is 18.7. The molecule has 0 fully saturated rings. The topological polar surface area (TPSA) is 52.7 Å². The van der Waals surface area contributed by atoms with E-state index >= 15 is 0 Å². The Labute approximate surface area is 160 Å². The summed E-state index contributed by atoms with van der Waals surface area (Å²) in [4.78, 5) is 4.32. The van der Waals surface area contributed by atoms with Crippen LogP contribution in [0.3, 0.4) is 0 Å². The number of para-hydroxylation sites is 1. The fourth-order valence-corrected chi connectivity index (χ4v) is 4.05. The van der Waals surface area contributed by atoms with Crippen LogP contribution in [0.1, 0.15) is 17.2 Å². The minimum atomic E-state index is -3.47. The van der Waals surface area contributed by atoms with Crippen molar-refractivity contribution in [2.45, 2.75) is 12.5 Å². The fraction of sp³-hybridized carbons (Fsp3) is 0.368. The SMILES string of the molecule is CN(C)c1ccc([C@H](CNS(=O)(=O)CCl)N2CCc3ccccc32)cc1. The minimum absolute atomic E-state index is 0.0900. The quantitative estimate of drug-likeness (QED) is 0.735. The van der Waals surface area contributed by atoms with Crippen LogP contribution >= 0.6 is 11.6 Å². The molecular formula is C19H24ClN3O2S. The number of anilines is 2. The summed E-state index contributed by atoms with van der Waals surface area (Å²) >= 11 is 5.55. The number of halogens is 1.